The number of halogens is 1. The first-order valence-electron chi connectivity index (χ1n) is 10.5. The molecule has 0 spiro atoms. The number of hydrogen-bond donors (Lipinski definition) is 1. The molecule has 2 aromatic heterocycles. The summed E-state index contributed by atoms with van der Waals surface area (Å²) in [5, 5.41) is 12.4. The largest absolute Gasteiger partial charge is 0.484 e. The lowest BCUT2D eigenvalue weighted by atomic mass is 9.95. The van der Waals surface area contributed by atoms with E-state index in [1.54, 1.807) is 53.4 Å². The fraction of sp³-hybridized carbons (Fsp3) is 0.250. The van der Waals surface area contributed by atoms with Crippen LogP contribution in [0.15, 0.2) is 59.1 Å². The third-order valence-corrected chi connectivity index (χ3v) is 5.61. The van der Waals surface area contributed by atoms with Crippen molar-refractivity contribution in [2.45, 2.75) is 19.4 Å². The molecular weight excluding hydrogens is 444 g/mol. The lowest BCUT2D eigenvalue weighted by Gasteiger charge is -2.30. The highest BCUT2D eigenvalue weighted by molar-refractivity contribution is 6.30. The van der Waals surface area contributed by atoms with Crippen molar-refractivity contribution >= 4 is 29.2 Å². The molecule has 1 aromatic carbocycles. The van der Waals surface area contributed by atoms with Crippen molar-refractivity contribution in [1.82, 2.24) is 9.88 Å². The van der Waals surface area contributed by atoms with E-state index in [1.807, 2.05) is 0 Å². The highest BCUT2D eigenvalue weighted by Crippen LogP contribution is 2.23. The first-order chi connectivity index (χ1) is 16.0. The molecule has 0 atom stereocenters. The Hall–Kier alpha value is -3.83. The maximum absolute atomic E-state index is 12.8. The van der Waals surface area contributed by atoms with E-state index >= 15 is 0 Å². The molecule has 9 heteroatoms. The fourth-order valence-corrected chi connectivity index (χ4v) is 3.69. The first kappa shape index (κ1) is 22.4. The number of piperidine rings is 1. The molecule has 1 fully saturated rings. The normalized spacial score (nSPS) is 13.9. The van der Waals surface area contributed by atoms with Crippen LogP contribution in [-0.4, -0.2) is 34.8 Å². The highest BCUT2D eigenvalue weighted by atomic mass is 35.5. The summed E-state index contributed by atoms with van der Waals surface area (Å²) in [6.07, 6.45) is 2.57. The number of pyridine rings is 1. The van der Waals surface area contributed by atoms with Crippen LogP contribution in [0.5, 0.6) is 5.75 Å². The van der Waals surface area contributed by atoms with Gasteiger partial charge in [-0.3, -0.25) is 9.59 Å². The SMILES string of the molecule is N#Cc1ccccc1OCc1ccc(C(=O)N2CCC(C(=O)Nc3ccc(Cl)cn3)CC2)o1. The molecule has 3 aromatic rings. The number of nitrogens with one attached hydrogen (secondary N) is 1. The molecule has 0 unspecified atom stereocenters. The number of para-hydroxylation sites is 1. The maximum atomic E-state index is 12.8. The molecule has 0 aliphatic carbocycles. The molecule has 1 aliphatic rings. The number of furan rings is 1. The Morgan fingerprint density at radius 1 is 1.18 bits per heavy atom. The summed E-state index contributed by atoms with van der Waals surface area (Å²) in [6.45, 7) is 1.01. The summed E-state index contributed by atoms with van der Waals surface area (Å²) < 4.78 is 11.3. The molecular formula is C24H21ClN4O4. The molecule has 0 bridgehead atoms. The van der Waals surface area contributed by atoms with Gasteiger partial charge in [0.1, 0.15) is 30.0 Å². The number of carbonyl (C=O) groups is 2. The van der Waals surface area contributed by atoms with E-state index in [0.29, 0.717) is 53.8 Å². The van der Waals surface area contributed by atoms with Gasteiger partial charge < -0.3 is 19.4 Å². The van der Waals surface area contributed by atoms with E-state index in [4.69, 9.17) is 26.0 Å². The number of nitrogens with zero attached hydrogens (tertiary/aromatic N) is 3. The Morgan fingerprint density at radius 3 is 2.70 bits per heavy atom. The van der Waals surface area contributed by atoms with E-state index in [0.717, 1.165) is 0 Å². The number of nitriles is 1. The van der Waals surface area contributed by atoms with Gasteiger partial charge in [0.05, 0.1) is 10.6 Å². The summed E-state index contributed by atoms with van der Waals surface area (Å²) in [5.41, 5.74) is 0.430. The van der Waals surface area contributed by atoms with Crippen LogP contribution in [-0.2, 0) is 11.4 Å². The lowest BCUT2D eigenvalue weighted by Crippen LogP contribution is -2.41. The monoisotopic (exact) mass is 464 g/mol. The van der Waals surface area contributed by atoms with Gasteiger partial charge in [0.2, 0.25) is 5.91 Å². The van der Waals surface area contributed by atoms with E-state index in [1.165, 1.54) is 6.20 Å². The number of likely N-dealkylation sites (tertiary alicyclic amines) is 1. The van der Waals surface area contributed by atoms with Crippen molar-refractivity contribution in [3.8, 4) is 11.8 Å². The van der Waals surface area contributed by atoms with Crippen LogP contribution < -0.4 is 10.1 Å². The second-order valence-electron chi connectivity index (χ2n) is 7.58. The van der Waals surface area contributed by atoms with Gasteiger partial charge in [-0.05, 0) is 49.2 Å². The Kier molecular flexibility index (Phi) is 6.91. The van der Waals surface area contributed by atoms with Crippen LogP contribution in [0.2, 0.25) is 5.02 Å². The van der Waals surface area contributed by atoms with Crippen molar-refractivity contribution in [3.05, 3.63) is 76.8 Å². The van der Waals surface area contributed by atoms with Gasteiger partial charge in [0.25, 0.3) is 5.91 Å². The van der Waals surface area contributed by atoms with Crippen LogP contribution in [0, 0.1) is 17.2 Å². The van der Waals surface area contributed by atoms with Gasteiger partial charge in [0, 0.05) is 25.2 Å². The number of anilines is 1. The zero-order valence-electron chi connectivity index (χ0n) is 17.7. The van der Waals surface area contributed by atoms with Gasteiger partial charge in [-0.2, -0.15) is 5.26 Å². The van der Waals surface area contributed by atoms with Crippen molar-refractivity contribution in [2.75, 3.05) is 18.4 Å². The molecule has 168 valence electrons. The van der Waals surface area contributed by atoms with Gasteiger partial charge in [-0.25, -0.2) is 4.98 Å². The van der Waals surface area contributed by atoms with Crippen LogP contribution >= 0.6 is 11.6 Å². The number of benzene rings is 1. The zero-order valence-corrected chi connectivity index (χ0v) is 18.4. The molecule has 1 aliphatic heterocycles. The first-order valence-corrected chi connectivity index (χ1v) is 10.8. The van der Waals surface area contributed by atoms with Gasteiger partial charge in [0.15, 0.2) is 5.76 Å². The smallest absolute Gasteiger partial charge is 0.289 e. The topological polar surface area (TPSA) is 108 Å². The Morgan fingerprint density at radius 2 is 1.97 bits per heavy atom. The molecule has 0 saturated carbocycles. The number of ether oxygens (including phenoxy) is 1. The number of hydrogen-bond acceptors (Lipinski definition) is 6. The van der Waals surface area contributed by atoms with Crippen LogP contribution in [0.1, 0.15) is 34.7 Å². The number of rotatable bonds is 6. The number of carbonyl (C=O) groups excluding carboxylic acids is 2. The van der Waals surface area contributed by atoms with Crippen LogP contribution in [0.4, 0.5) is 5.82 Å². The van der Waals surface area contributed by atoms with Crippen molar-refractivity contribution in [1.29, 1.82) is 5.26 Å². The summed E-state index contributed by atoms with van der Waals surface area (Å²) >= 11 is 5.81. The molecule has 3 heterocycles. The second-order valence-corrected chi connectivity index (χ2v) is 8.02. The number of aromatic nitrogens is 1. The quantitative estimate of drug-likeness (QED) is 0.583. The van der Waals surface area contributed by atoms with E-state index in [9.17, 15) is 9.59 Å². The molecule has 2 amide bonds. The highest BCUT2D eigenvalue weighted by Gasteiger charge is 2.29. The lowest BCUT2D eigenvalue weighted by molar-refractivity contribution is -0.121. The summed E-state index contributed by atoms with van der Waals surface area (Å²) in [5.74, 6) is 1.06. The average Bonchev–Trinajstić information content (AvgIpc) is 3.33. The zero-order chi connectivity index (χ0) is 23.2. The predicted octanol–water partition coefficient (Wildman–Crippen LogP) is 4.27. The summed E-state index contributed by atoms with van der Waals surface area (Å²) in [7, 11) is 0. The summed E-state index contributed by atoms with van der Waals surface area (Å²) in [4.78, 5) is 31.1. The summed E-state index contributed by atoms with van der Waals surface area (Å²) in [6, 6.07) is 15.6. The molecule has 8 nitrogen and oxygen atoms in total. The average molecular weight is 465 g/mol. The minimum Gasteiger partial charge on any atom is -0.484 e. The molecule has 4 rings (SSSR count). The Bertz CT molecular complexity index is 1180. The Balaban J connectivity index is 1.28. The predicted molar refractivity (Wildman–Crippen MR) is 121 cm³/mol. The van der Waals surface area contributed by atoms with Crippen molar-refractivity contribution < 1.29 is 18.7 Å². The van der Waals surface area contributed by atoms with Gasteiger partial charge >= 0.3 is 0 Å². The van der Waals surface area contributed by atoms with Crippen LogP contribution in [0.3, 0.4) is 0 Å². The minimum absolute atomic E-state index is 0.104. The second kappa shape index (κ2) is 10.2. The molecule has 33 heavy (non-hydrogen) atoms. The number of amides is 2. The third-order valence-electron chi connectivity index (χ3n) is 5.38. The van der Waals surface area contributed by atoms with E-state index < -0.39 is 0 Å². The van der Waals surface area contributed by atoms with Crippen molar-refractivity contribution in [3.63, 3.8) is 0 Å². The molecule has 1 saturated heterocycles. The maximum Gasteiger partial charge on any atom is 0.289 e. The van der Waals surface area contributed by atoms with Gasteiger partial charge in [-0.1, -0.05) is 23.7 Å². The van der Waals surface area contributed by atoms with Crippen LogP contribution in [0.25, 0.3) is 0 Å². The standard InChI is InChI=1S/C24H21ClN4O4/c25-18-5-8-22(27-14-18)28-23(30)16-9-11-29(12-10-16)24(31)21-7-6-19(33-21)15-32-20-4-2-1-3-17(20)13-26/h1-8,14,16H,9-12,15H2,(H,27,28,30). The van der Waals surface area contributed by atoms with Crippen molar-refractivity contribution in [2.24, 2.45) is 5.92 Å². The van der Waals surface area contributed by atoms with Gasteiger partial charge in [-0.15, -0.1) is 0 Å². The minimum atomic E-state index is -0.225. The third kappa shape index (κ3) is 5.51. The molecule has 0 radical (unpaired) electrons. The van der Waals surface area contributed by atoms with E-state index in [-0.39, 0.29) is 30.1 Å². The fourth-order valence-electron chi connectivity index (χ4n) is 3.58. The van der Waals surface area contributed by atoms with E-state index in [2.05, 4.69) is 16.4 Å². The molecule has 1 N–H and O–H groups in total. The Labute approximate surface area is 195 Å².